The zero-order chi connectivity index (χ0) is 20.9. The maximum absolute atomic E-state index is 12.3. The smallest absolute Gasteiger partial charge is 0.267 e. The summed E-state index contributed by atoms with van der Waals surface area (Å²) in [4.78, 5) is 20.3. The van der Waals surface area contributed by atoms with Crippen molar-refractivity contribution in [3.63, 3.8) is 0 Å². The zero-order valence-corrected chi connectivity index (χ0v) is 19.6. The molecule has 1 amide bonds. The molecule has 2 heterocycles. The van der Waals surface area contributed by atoms with Crippen molar-refractivity contribution in [1.82, 2.24) is 15.2 Å². The Labute approximate surface area is 199 Å². The molecule has 4 rings (SSSR count). The molecule has 0 radical (unpaired) electrons. The Bertz CT molecular complexity index is 982. The molecule has 0 unspecified atom stereocenters. The summed E-state index contributed by atoms with van der Waals surface area (Å²) < 4.78 is 0. The molecule has 2 aromatic carbocycles. The molecule has 0 atom stereocenters. The number of nitrogens with zero attached hydrogens (tertiary/aromatic N) is 2. The normalized spacial score (nSPS) is 14.5. The second-order valence-electron chi connectivity index (χ2n) is 7.63. The molecule has 1 aliphatic heterocycles. The molecular weight excluding hydrogens is 455 g/mol. The fourth-order valence-electron chi connectivity index (χ4n) is 3.90. The van der Waals surface area contributed by atoms with E-state index < -0.39 is 0 Å². The van der Waals surface area contributed by atoms with Gasteiger partial charge in [-0.05, 0) is 43.7 Å². The van der Waals surface area contributed by atoms with Gasteiger partial charge in [-0.2, -0.15) is 0 Å². The summed E-state index contributed by atoms with van der Waals surface area (Å²) in [6.45, 7) is 5.62. The van der Waals surface area contributed by atoms with Crippen molar-refractivity contribution in [2.45, 2.75) is 12.8 Å². The Morgan fingerprint density at radius 3 is 2.55 bits per heavy atom. The highest BCUT2D eigenvalue weighted by molar-refractivity contribution is 6.43. The van der Waals surface area contributed by atoms with Crippen LogP contribution in [-0.2, 0) is 0 Å². The summed E-state index contributed by atoms with van der Waals surface area (Å²) in [5.41, 5.74) is 2.62. The Balaban J connectivity index is 0.00000272. The van der Waals surface area contributed by atoms with Crippen LogP contribution in [0.4, 0.5) is 5.69 Å². The lowest BCUT2D eigenvalue weighted by atomic mass is 10.2. The minimum Gasteiger partial charge on any atom is -0.368 e. The highest BCUT2D eigenvalue weighted by atomic mass is 35.5. The molecule has 0 spiro atoms. The fraction of sp³-hybridized carbons (Fsp3) is 0.348. The lowest BCUT2D eigenvalue weighted by molar-refractivity contribution is 0.0948. The number of halogens is 3. The van der Waals surface area contributed by atoms with Crippen LogP contribution in [0.25, 0.3) is 10.9 Å². The van der Waals surface area contributed by atoms with Crippen molar-refractivity contribution >= 4 is 58.1 Å². The van der Waals surface area contributed by atoms with Gasteiger partial charge in [-0.1, -0.05) is 47.5 Å². The quantitative estimate of drug-likeness (QED) is 0.454. The van der Waals surface area contributed by atoms with E-state index in [2.05, 4.69) is 20.1 Å². The Hall–Kier alpha value is -1.92. The van der Waals surface area contributed by atoms with Gasteiger partial charge in [0.05, 0.1) is 15.7 Å². The molecule has 1 aromatic heterocycles. The van der Waals surface area contributed by atoms with E-state index in [0.717, 1.165) is 62.2 Å². The number of H-pyrrole nitrogens is 1. The number of benzene rings is 2. The molecule has 1 saturated heterocycles. The summed E-state index contributed by atoms with van der Waals surface area (Å²) in [5.74, 6) is -0.0433. The molecule has 0 bridgehead atoms. The maximum atomic E-state index is 12.3. The number of aromatic nitrogens is 1. The van der Waals surface area contributed by atoms with Crippen molar-refractivity contribution in [1.29, 1.82) is 0 Å². The fourth-order valence-corrected chi connectivity index (χ4v) is 4.32. The van der Waals surface area contributed by atoms with Crippen LogP contribution in [0, 0.1) is 0 Å². The predicted molar refractivity (Wildman–Crippen MR) is 132 cm³/mol. The van der Waals surface area contributed by atoms with Crippen LogP contribution in [-0.4, -0.2) is 55.1 Å². The number of piperazine rings is 1. The monoisotopic (exact) mass is 480 g/mol. The average molecular weight is 482 g/mol. The topological polar surface area (TPSA) is 51.4 Å². The first-order chi connectivity index (χ1) is 14.6. The minimum atomic E-state index is -0.0433. The van der Waals surface area contributed by atoms with Crippen molar-refractivity contribution in [3.05, 3.63) is 64.3 Å². The molecule has 2 N–H and O–H groups in total. The van der Waals surface area contributed by atoms with E-state index in [0.29, 0.717) is 22.3 Å². The highest BCUT2D eigenvalue weighted by Crippen LogP contribution is 2.32. The standard InChI is InChI=1S/C23H26Cl2N4O.ClH/c24-18-7-5-9-21(22(18)25)29-14-12-28(13-15-29)11-4-3-10-26-23(30)20-16-17-6-1-2-8-19(17)27-20;/h1-2,5-9,16,27H,3-4,10-15H2,(H,26,30);1H. The van der Waals surface area contributed by atoms with E-state index in [1.54, 1.807) is 0 Å². The van der Waals surface area contributed by atoms with Crippen molar-refractivity contribution in [2.75, 3.05) is 44.2 Å². The van der Waals surface area contributed by atoms with E-state index in [9.17, 15) is 4.79 Å². The van der Waals surface area contributed by atoms with Crippen LogP contribution in [0.1, 0.15) is 23.3 Å². The van der Waals surface area contributed by atoms with Gasteiger partial charge in [0.1, 0.15) is 5.69 Å². The van der Waals surface area contributed by atoms with Gasteiger partial charge in [-0.25, -0.2) is 0 Å². The highest BCUT2D eigenvalue weighted by Gasteiger charge is 2.19. The molecule has 0 aliphatic carbocycles. The molecule has 8 heteroatoms. The van der Waals surface area contributed by atoms with Crippen molar-refractivity contribution in [3.8, 4) is 0 Å². The van der Waals surface area contributed by atoms with Gasteiger partial charge in [-0.15, -0.1) is 12.4 Å². The Morgan fingerprint density at radius 2 is 1.77 bits per heavy atom. The molecular formula is C23H27Cl3N4O. The first kappa shape index (κ1) is 23.7. The van der Waals surface area contributed by atoms with E-state index in [4.69, 9.17) is 23.2 Å². The van der Waals surface area contributed by atoms with E-state index in [-0.39, 0.29) is 18.3 Å². The lowest BCUT2D eigenvalue weighted by Gasteiger charge is -2.36. The molecule has 0 saturated carbocycles. The van der Waals surface area contributed by atoms with E-state index in [1.807, 2.05) is 48.5 Å². The number of nitrogens with one attached hydrogen (secondary N) is 2. The largest absolute Gasteiger partial charge is 0.368 e. The van der Waals surface area contributed by atoms with Gasteiger partial charge in [0, 0.05) is 43.6 Å². The summed E-state index contributed by atoms with van der Waals surface area (Å²) in [7, 11) is 0. The maximum Gasteiger partial charge on any atom is 0.267 e. The molecule has 166 valence electrons. The number of aromatic amines is 1. The summed E-state index contributed by atoms with van der Waals surface area (Å²) >= 11 is 12.5. The van der Waals surface area contributed by atoms with Crippen LogP contribution in [0.2, 0.25) is 10.0 Å². The minimum absolute atomic E-state index is 0. The van der Waals surface area contributed by atoms with E-state index >= 15 is 0 Å². The second-order valence-corrected chi connectivity index (χ2v) is 8.42. The SMILES string of the molecule is Cl.O=C(NCCCCN1CCN(c2cccc(Cl)c2Cl)CC1)c1cc2ccccc2[nH]1. The molecule has 31 heavy (non-hydrogen) atoms. The molecule has 3 aromatic rings. The number of anilines is 1. The number of unbranched alkanes of at least 4 members (excludes halogenated alkanes) is 1. The van der Waals surface area contributed by atoms with Crippen LogP contribution in [0.5, 0.6) is 0 Å². The number of carbonyl (C=O) groups excluding carboxylic acids is 1. The summed E-state index contributed by atoms with van der Waals surface area (Å²) in [6.07, 6.45) is 2.03. The average Bonchev–Trinajstić information content (AvgIpc) is 3.20. The van der Waals surface area contributed by atoms with Gasteiger partial charge in [0.15, 0.2) is 0 Å². The number of rotatable bonds is 7. The van der Waals surface area contributed by atoms with Crippen LogP contribution < -0.4 is 10.2 Å². The number of carbonyl (C=O) groups is 1. The van der Waals surface area contributed by atoms with Crippen LogP contribution in [0.3, 0.4) is 0 Å². The third kappa shape index (κ3) is 5.86. The summed E-state index contributed by atoms with van der Waals surface area (Å²) in [5, 5.41) is 5.31. The third-order valence-electron chi connectivity index (χ3n) is 5.61. The molecule has 5 nitrogen and oxygen atoms in total. The van der Waals surface area contributed by atoms with Crippen molar-refractivity contribution in [2.24, 2.45) is 0 Å². The molecule has 1 aliphatic rings. The number of hydrogen-bond donors (Lipinski definition) is 2. The van der Waals surface area contributed by atoms with Gasteiger partial charge in [0.25, 0.3) is 5.91 Å². The molecule has 1 fully saturated rings. The lowest BCUT2D eigenvalue weighted by Crippen LogP contribution is -2.46. The van der Waals surface area contributed by atoms with Gasteiger partial charge < -0.3 is 15.2 Å². The third-order valence-corrected chi connectivity index (χ3v) is 6.41. The number of para-hydroxylation sites is 1. The first-order valence-corrected chi connectivity index (χ1v) is 11.1. The van der Waals surface area contributed by atoms with Gasteiger partial charge in [0.2, 0.25) is 0 Å². The Morgan fingerprint density at radius 1 is 1.00 bits per heavy atom. The summed E-state index contributed by atoms with van der Waals surface area (Å²) in [6, 6.07) is 15.6. The number of fused-ring (bicyclic) bond motifs is 1. The predicted octanol–water partition coefficient (Wildman–Crippen LogP) is 5.23. The van der Waals surface area contributed by atoms with Crippen molar-refractivity contribution < 1.29 is 4.79 Å². The van der Waals surface area contributed by atoms with Crippen LogP contribution in [0.15, 0.2) is 48.5 Å². The second kappa shape index (κ2) is 11.1. The van der Waals surface area contributed by atoms with Gasteiger partial charge >= 0.3 is 0 Å². The zero-order valence-electron chi connectivity index (χ0n) is 17.2. The first-order valence-electron chi connectivity index (χ1n) is 10.4. The van der Waals surface area contributed by atoms with Gasteiger partial charge in [-0.3, -0.25) is 9.69 Å². The number of amides is 1. The van der Waals surface area contributed by atoms with Crippen LogP contribution >= 0.6 is 35.6 Å². The van der Waals surface area contributed by atoms with E-state index in [1.165, 1.54) is 0 Å². The number of hydrogen-bond acceptors (Lipinski definition) is 3. The Kier molecular flexibility index (Phi) is 8.50.